The molecule has 0 unspecified atom stereocenters. The van der Waals surface area contributed by atoms with Gasteiger partial charge in [-0.3, -0.25) is 4.79 Å². The largest absolute Gasteiger partial charge is 0.497 e. The number of fused-ring (bicyclic) bond motifs is 1. The van der Waals surface area contributed by atoms with Gasteiger partial charge < -0.3 is 15.4 Å². The quantitative estimate of drug-likeness (QED) is 0.681. The third-order valence-corrected chi connectivity index (χ3v) is 5.20. The monoisotopic (exact) mass is 384 g/mol. The lowest BCUT2D eigenvalue weighted by molar-refractivity contribution is -0.114. The van der Waals surface area contributed by atoms with Gasteiger partial charge in [-0.25, -0.2) is 8.42 Å². The molecule has 7 heteroatoms. The predicted molar refractivity (Wildman–Crippen MR) is 107 cm³/mol. The standard InChI is InChI=1S/C20H20N2O4S/c1-26-17-9-10-18(19(12-17)27(2,24)25)21-13-20(23)22-16-8-7-14-5-3-4-6-15(14)11-16/h3-12,21H,13H2,1-2H3,(H,22,23). The van der Waals surface area contributed by atoms with E-state index in [-0.39, 0.29) is 17.3 Å². The van der Waals surface area contributed by atoms with Crippen LogP contribution in [0.25, 0.3) is 10.8 Å². The van der Waals surface area contributed by atoms with Gasteiger partial charge in [-0.15, -0.1) is 0 Å². The first kappa shape index (κ1) is 18.7. The maximum Gasteiger partial charge on any atom is 0.243 e. The van der Waals surface area contributed by atoms with Crippen LogP contribution in [0.2, 0.25) is 0 Å². The molecule has 0 saturated heterocycles. The van der Waals surface area contributed by atoms with Gasteiger partial charge >= 0.3 is 0 Å². The van der Waals surface area contributed by atoms with E-state index in [2.05, 4.69) is 10.6 Å². The highest BCUT2D eigenvalue weighted by Gasteiger charge is 2.15. The number of rotatable bonds is 6. The van der Waals surface area contributed by atoms with E-state index in [1.807, 2.05) is 42.5 Å². The molecule has 3 aromatic carbocycles. The molecule has 3 rings (SSSR count). The van der Waals surface area contributed by atoms with Crippen LogP contribution >= 0.6 is 0 Å². The lowest BCUT2D eigenvalue weighted by Crippen LogP contribution is -2.22. The van der Waals surface area contributed by atoms with Gasteiger partial charge in [0.1, 0.15) is 5.75 Å². The minimum atomic E-state index is -3.47. The fourth-order valence-electron chi connectivity index (χ4n) is 2.73. The topological polar surface area (TPSA) is 84.5 Å². The summed E-state index contributed by atoms with van der Waals surface area (Å²) in [4.78, 5) is 12.3. The first-order chi connectivity index (χ1) is 12.9. The van der Waals surface area contributed by atoms with Crippen molar-refractivity contribution in [3.05, 3.63) is 60.7 Å². The summed E-state index contributed by atoms with van der Waals surface area (Å²) < 4.78 is 29.0. The van der Waals surface area contributed by atoms with Crippen molar-refractivity contribution in [1.82, 2.24) is 0 Å². The van der Waals surface area contributed by atoms with Crippen molar-refractivity contribution >= 4 is 37.9 Å². The van der Waals surface area contributed by atoms with Crippen molar-refractivity contribution in [2.24, 2.45) is 0 Å². The Morgan fingerprint density at radius 2 is 1.74 bits per heavy atom. The van der Waals surface area contributed by atoms with E-state index < -0.39 is 9.84 Å². The number of amides is 1. The summed E-state index contributed by atoms with van der Waals surface area (Å²) in [6.07, 6.45) is 1.11. The molecule has 0 aliphatic rings. The number of ether oxygens (including phenoxy) is 1. The molecule has 27 heavy (non-hydrogen) atoms. The van der Waals surface area contributed by atoms with Gasteiger partial charge in [0.05, 0.1) is 24.2 Å². The average molecular weight is 384 g/mol. The predicted octanol–water partition coefficient (Wildman–Crippen LogP) is 3.30. The van der Waals surface area contributed by atoms with E-state index in [9.17, 15) is 13.2 Å². The summed E-state index contributed by atoms with van der Waals surface area (Å²) in [5.74, 6) is 0.155. The Labute approximate surface area is 158 Å². The normalized spacial score (nSPS) is 11.2. The number of sulfone groups is 1. The molecule has 0 saturated carbocycles. The van der Waals surface area contributed by atoms with E-state index >= 15 is 0 Å². The summed E-state index contributed by atoms with van der Waals surface area (Å²) in [6.45, 7) is -0.0678. The van der Waals surface area contributed by atoms with Gasteiger partial charge in [-0.2, -0.15) is 0 Å². The fraction of sp³-hybridized carbons (Fsp3) is 0.150. The van der Waals surface area contributed by atoms with Gasteiger partial charge in [0.15, 0.2) is 9.84 Å². The minimum Gasteiger partial charge on any atom is -0.497 e. The molecule has 140 valence electrons. The summed E-state index contributed by atoms with van der Waals surface area (Å²) in [7, 11) is -2.01. The Kier molecular flexibility index (Phi) is 5.32. The number of carbonyl (C=O) groups excluding carboxylic acids is 1. The maximum absolute atomic E-state index is 12.3. The SMILES string of the molecule is COc1ccc(NCC(=O)Nc2ccc3ccccc3c2)c(S(C)(=O)=O)c1. The number of methoxy groups -OCH3 is 1. The summed E-state index contributed by atoms with van der Waals surface area (Å²) in [5.41, 5.74) is 1.03. The smallest absolute Gasteiger partial charge is 0.243 e. The molecule has 2 N–H and O–H groups in total. The van der Waals surface area contributed by atoms with E-state index in [1.165, 1.54) is 13.2 Å². The summed E-state index contributed by atoms with van der Waals surface area (Å²) >= 11 is 0. The Morgan fingerprint density at radius 3 is 2.44 bits per heavy atom. The third kappa shape index (κ3) is 4.57. The molecule has 6 nitrogen and oxygen atoms in total. The lowest BCUT2D eigenvalue weighted by Gasteiger charge is -2.13. The second-order valence-electron chi connectivity index (χ2n) is 6.10. The van der Waals surface area contributed by atoms with Crippen LogP contribution < -0.4 is 15.4 Å². The number of hydrogen-bond donors (Lipinski definition) is 2. The average Bonchev–Trinajstić information content (AvgIpc) is 2.65. The zero-order valence-corrected chi connectivity index (χ0v) is 15.8. The van der Waals surface area contributed by atoms with Gasteiger partial charge in [-0.1, -0.05) is 30.3 Å². The van der Waals surface area contributed by atoms with Gasteiger partial charge in [0.25, 0.3) is 0 Å². The van der Waals surface area contributed by atoms with Crippen LogP contribution in [0, 0.1) is 0 Å². The second-order valence-corrected chi connectivity index (χ2v) is 8.08. The van der Waals surface area contributed by atoms with Crippen LogP contribution in [-0.4, -0.2) is 34.2 Å². The van der Waals surface area contributed by atoms with Gasteiger partial charge in [-0.05, 0) is 35.0 Å². The molecule has 0 spiro atoms. The zero-order valence-electron chi connectivity index (χ0n) is 15.0. The highest BCUT2D eigenvalue weighted by Crippen LogP contribution is 2.26. The molecule has 0 bridgehead atoms. The molecular formula is C20H20N2O4S. The molecule has 0 heterocycles. The maximum atomic E-state index is 12.3. The van der Waals surface area contributed by atoms with Crippen molar-refractivity contribution in [2.45, 2.75) is 4.90 Å². The number of hydrogen-bond acceptors (Lipinski definition) is 5. The number of carbonyl (C=O) groups is 1. The first-order valence-corrected chi connectivity index (χ1v) is 10.2. The molecule has 0 fully saturated rings. The van der Waals surface area contributed by atoms with Crippen molar-refractivity contribution in [2.75, 3.05) is 30.5 Å². The Balaban J connectivity index is 1.71. The van der Waals surface area contributed by atoms with Gasteiger partial charge in [0.2, 0.25) is 5.91 Å². The molecule has 0 atom stereocenters. The molecule has 0 aliphatic heterocycles. The van der Waals surface area contributed by atoms with Gasteiger partial charge in [0, 0.05) is 18.0 Å². The highest BCUT2D eigenvalue weighted by molar-refractivity contribution is 7.90. The number of nitrogens with one attached hydrogen (secondary N) is 2. The van der Waals surface area contributed by atoms with E-state index in [1.54, 1.807) is 12.1 Å². The van der Waals surface area contributed by atoms with Crippen LogP contribution in [0.4, 0.5) is 11.4 Å². The van der Waals surface area contributed by atoms with Crippen LogP contribution in [0.3, 0.4) is 0 Å². The molecule has 3 aromatic rings. The van der Waals surface area contributed by atoms with E-state index in [4.69, 9.17) is 4.74 Å². The first-order valence-electron chi connectivity index (χ1n) is 8.27. The van der Waals surface area contributed by atoms with E-state index in [0.29, 0.717) is 17.1 Å². The summed E-state index contributed by atoms with van der Waals surface area (Å²) in [6, 6.07) is 18.2. The fourth-order valence-corrected chi connectivity index (χ4v) is 3.60. The highest BCUT2D eigenvalue weighted by atomic mass is 32.2. The van der Waals surface area contributed by atoms with Crippen LogP contribution in [-0.2, 0) is 14.6 Å². The third-order valence-electron chi connectivity index (χ3n) is 4.06. The van der Waals surface area contributed by atoms with Crippen molar-refractivity contribution in [1.29, 1.82) is 0 Å². The molecule has 0 aromatic heterocycles. The van der Waals surface area contributed by atoms with Crippen LogP contribution in [0.5, 0.6) is 5.75 Å². The Morgan fingerprint density at radius 1 is 1.00 bits per heavy atom. The molecule has 0 aliphatic carbocycles. The molecular weight excluding hydrogens is 364 g/mol. The minimum absolute atomic E-state index is 0.0678. The van der Waals surface area contributed by atoms with Crippen molar-refractivity contribution < 1.29 is 17.9 Å². The number of benzene rings is 3. The van der Waals surface area contributed by atoms with E-state index in [0.717, 1.165) is 17.0 Å². The van der Waals surface area contributed by atoms with Crippen LogP contribution in [0.1, 0.15) is 0 Å². The van der Waals surface area contributed by atoms with Crippen molar-refractivity contribution in [3.8, 4) is 5.75 Å². The molecule has 0 radical (unpaired) electrons. The zero-order chi connectivity index (χ0) is 19.4. The number of anilines is 2. The molecule has 1 amide bonds. The lowest BCUT2D eigenvalue weighted by atomic mass is 10.1. The Hall–Kier alpha value is -3.06. The second kappa shape index (κ2) is 7.67. The summed E-state index contributed by atoms with van der Waals surface area (Å²) in [5, 5.41) is 7.80. The van der Waals surface area contributed by atoms with Crippen molar-refractivity contribution in [3.63, 3.8) is 0 Å². The Bertz CT molecular complexity index is 1090. The van der Waals surface area contributed by atoms with Crippen LogP contribution in [0.15, 0.2) is 65.6 Å².